The molecule has 1 heterocycles. The zero-order chi connectivity index (χ0) is 22.4. The third kappa shape index (κ3) is 6.53. The molecule has 0 aliphatic carbocycles. The highest BCUT2D eigenvalue weighted by molar-refractivity contribution is 5.66. The number of benzene rings is 2. The number of hydrogen-bond donors (Lipinski definition) is 3. The normalized spacial score (nSPS) is 10.9. The van der Waals surface area contributed by atoms with Gasteiger partial charge in [-0.05, 0) is 82.3 Å². The molecule has 164 valence electrons. The van der Waals surface area contributed by atoms with Crippen molar-refractivity contribution < 1.29 is 0 Å². The van der Waals surface area contributed by atoms with Gasteiger partial charge in [-0.25, -0.2) is 9.97 Å². The van der Waals surface area contributed by atoms with Crippen molar-refractivity contribution in [3.8, 4) is 0 Å². The second-order valence-corrected chi connectivity index (χ2v) is 8.43. The quantitative estimate of drug-likeness (QED) is 0.412. The van der Waals surface area contributed by atoms with Crippen molar-refractivity contribution in [2.24, 2.45) is 0 Å². The average molecular weight is 418 g/mol. The summed E-state index contributed by atoms with van der Waals surface area (Å²) in [4.78, 5) is 9.09. The summed E-state index contributed by atoms with van der Waals surface area (Å²) in [5, 5.41) is 10.4. The Kier molecular flexibility index (Phi) is 7.64. The van der Waals surface area contributed by atoms with E-state index in [4.69, 9.17) is 0 Å². The van der Waals surface area contributed by atoms with E-state index >= 15 is 0 Å². The van der Waals surface area contributed by atoms with Crippen LogP contribution < -0.4 is 16.0 Å². The van der Waals surface area contributed by atoms with E-state index in [0.29, 0.717) is 0 Å². The predicted molar refractivity (Wildman–Crippen MR) is 132 cm³/mol. The molecule has 3 aromatic rings. The Balaban J connectivity index is 1.50. The van der Waals surface area contributed by atoms with Gasteiger partial charge in [0.2, 0.25) is 0 Å². The SMILES string of the molecule is Cc1cc(C)c(Nc2cc(NCCNCCc3ccc(C)c(C)c3)nc(C)n2)c(C)c1. The Labute approximate surface area is 186 Å². The van der Waals surface area contributed by atoms with Gasteiger partial charge in [0.25, 0.3) is 0 Å². The smallest absolute Gasteiger partial charge is 0.136 e. The Morgan fingerprint density at radius 2 is 1.39 bits per heavy atom. The van der Waals surface area contributed by atoms with Crippen molar-refractivity contribution in [2.45, 2.75) is 48.0 Å². The van der Waals surface area contributed by atoms with Crippen LogP contribution in [0, 0.1) is 41.5 Å². The molecule has 0 fully saturated rings. The molecule has 0 radical (unpaired) electrons. The van der Waals surface area contributed by atoms with Crippen LogP contribution in [0.4, 0.5) is 17.3 Å². The zero-order valence-corrected chi connectivity index (χ0v) is 19.7. The molecule has 0 amide bonds. The molecule has 31 heavy (non-hydrogen) atoms. The molecule has 0 saturated carbocycles. The molecular weight excluding hydrogens is 382 g/mol. The lowest BCUT2D eigenvalue weighted by atomic mass is 10.0. The standard InChI is InChI=1S/C26H35N5/c1-17-13-20(4)26(21(5)14-17)31-25-16-24(29-22(6)30-25)28-12-11-27-10-9-23-8-7-18(2)19(3)15-23/h7-8,13-16,27H,9-12H2,1-6H3,(H2,28,29,30,31). The highest BCUT2D eigenvalue weighted by Gasteiger charge is 2.07. The predicted octanol–water partition coefficient (Wildman–Crippen LogP) is 5.31. The molecule has 5 heteroatoms. The van der Waals surface area contributed by atoms with E-state index in [1.54, 1.807) is 0 Å². The highest BCUT2D eigenvalue weighted by atomic mass is 15.1. The fourth-order valence-electron chi connectivity index (χ4n) is 3.82. The maximum Gasteiger partial charge on any atom is 0.136 e. The first-order valence-electron chi connectivity index (χ1n) is 11.0. The van der Waals surface area contributed by atoms with E-state index in [9.17, 15) is 0 Å². The summed E-state index contributed by atoms with van der Waals surface area (Å²) in [6, 6.07) is 13.1. The molecule has 0 atom stereocenters. The molecule has 0 aliphatic rings. The highest BCUT2D eigenvalue weighted by Crippen LogP contribution is 2.26. The van der Waals surface area contributed by atoms with Crippen LogP contribution in [0.1, 0.15) is 39.2 Å². The summed E-state index contributed by atoms with van der Waals surface area (Å²) < 4.78 is 0. The number of nitrogens with zero attached hydrogens (tertiary/aromatic N) is 2. The van der Waals surface area contributed by atoms with Crippen LogP contribution in [0.2, 0.25) is 0 Å². The van der Waals surface area contributed by atoms with Crippen LogP contribution in [-0.4, -0.2) is 29.6 Å². The molecule has 0 unspecified atom stereocenters. The average Bonchev–Trinajstić information content (AvgIpc) is 2.69. The summed E-state index contributed by atoms with van der Waals surface area (Å²) in [7, 11) is 0. The van der Waals surface area contributed by atoms with Gasteiger partial charge in [0, 0.05) is 24.8 Å². The summed E-state index contributed by atoms with van der Waals surface area (Å²) in [5.41, 5.74) is 8.91. The fraction of sp³-hybridized carbons (Fsp3) is 0.385. The van der Waals surface area contributed by atoms with Gasteiger partial charge < -0.3 is 16.0 Å². The summed E-state index contributed by atoms with van der Waals surface area (Å²) in [6.45, 7) is 15.3. The Morgan fingerprint density at radius 3 is 2.10 bits per heavy atom. The first-order valence-corrected chi connectivity index (χ1v) is 11.0. The van der Waals surface area contributed by atoms with Crippen molar-refractivity contribution >= 4 is 17.3 Å². The number of anilines is 3. The van der Waals surface area contributed by atoms with E-state index in [1.165, 1.54) is 33.4 Å². The topological polar surface area (TPSA) is 61.9 Å². The molecule has 0 bridgehead atoms. The van der Waals surface area contributed by atoms with Crippen molar-refractivity contribution in [2.75, 3.05) is 30.3 Å². The first kappa shape index (κ1) is 22.8. The van der Waals surface area contributed by atoms with E-state index < -0.39 is 0 Å². The van der Waals surface area contributed by atoms with Gasteiger partial charge in [0.05, 0.1) is 0 Å². The number of nitrogens with one attached hydrogen (secondary N) is 3. The number of aryl methyl sites for hydroxylation is 6. The van der Waals surface area contributed by atoms with Gasteiger partial charge in [-0.1, -0.05) is 35.9 Å². The third-order valence-corrected chi connectivity index (χ3v) is 5.54. The van der Waals surface area contributed by atoms with Gasteiger partial charge in [0.15, 0.2) is 0 Å². The van der Waals surface area contributed by atoms with Crippen molar-refractivity contribution in [3.63, 3.8) is 0 Å². The molecule has 5 nitrogen and oxygen atoms in total. The third-order valence-electron chi connectivity index (χ3n) is 5.54. The van der Waals surface area contributed by atoms with E-state index in [-0.39, 0.29) is 0 Å². The molecular formula is C26H35N5. The molecule has 0 aliphatic heterocycles. The number of aromatic nitrogens is 2. The molecule has 3 rings (SSSR count). The Morgan fingerprint density at radius 1 is 0.677 bits per heavy atom. The van der Waals surface area contributed by atoms with Crippen LogP contribution >= 0.6 is 0 Å². The van der Waals surface area contributed by atoms with Gasteiger partial charge >= 0.3 is 0 Å². The van der Waals surface area contributed by atoms with Crippen LogP contribution in [0.3, 0.4) is 0 Å². The minimum absolute atomic E-state index is 0.748. The summed E-state index contributed by atoms with van der Waals surface area (Å²) >= 11 is 0. The van der Waals surface area contributed by atoms with Crippen LogP contribution in [0.15, 0.2) is 36.4 Å². The number of hydrogen-bond acceptors (Lipinski definition) is 5. The molecule has 3 N–H and O–H groups in total. The fourth-order valence-corrected chi connectivity index (χ4v) is 3.82. The van der Waals surface area contributed by atoms with Gasteiger partial charge in [-0.2, -0.15) is 0 Å². The molecule has 0 saturated heterocycles. The Bertz CT molecular complexity index is 1020. The minimum Gasteiger partial charge on any atom is -0.369 e. The van der Waals surface area contributed by atoms with E-state index in [1.807, 2.05) is 13.0 Å². The van der Waals surface area contributed by atoms with Gasteiger partial charge in [-0.3, -0.25) is 0 Å². The summed E-state index contributed by atoms with van der Waals surface area (Å²) in [5.74, 6) is 2.40. The van der Waals surface area contributed by atoms with Gasteiger partial charge in [-0.15, -0.1) is 0 Å². The molecule has 1 aromatic heterocycles. The minimum atomic E-state index is 0.748. The van der Waals surface area contributed by atoms with Crippen LogP contribution in [0.5, 0.6) is 0 Å². The van der Waals surface area contributed by atoms with Crippen molar-refractivity contribution in [1.82, 2.24) is 15.3 Å². The van der Waals surface area contributed by atoms with Crippen molar-refractivity contribution in [1.29, 1.82) is 0 Å². The van der Waals surface area contributed by atoms with E-state index in [0.717, 1.165) is 49.2 Å². The van der Waals surface area contributed by atoms with Crippen LogP contribution in [0.25, 0.3) is 0 Å². The van der Waals surface area contributed by atoms with E-state index in [2.05, 4.69) is 90.9 Å². The van der Waals surface area contributed by atoms with Gasteiger partial charge in [0.1, 0.15) is 17.5 Å². The molecule has 2 aromatic carbocycles. The Hall–Kier alpha value is -2.92. The second kappa shape index (κ2) is 10.4. The molecule has 0 spiro atoms. The lowest BCUT2D eigenvalue weighted by molar-refractivity contribution is 0.698. The largest absolute Gasteiger partial charge is 0.369 e. The lowest BCUT2D eigenvalue weighted by Crippen LogP contribution is -2.24. The number of rotatable bonds is 9. The lowest BCUT2D eigenvalue weighted by Gasteiger charge is -2.15. The first-order chi connectivity index (χ1) is 14.8. The van der Waals surface area contributed by atoms with Crippen molar-refractivity contribution in [3.05, 3.63) is 75.6 Å². The zero-order valence-electron chi connectivity index (χ0n) is 19.7. The second-order valence-electron chi connectivity index (χ2n) is 8.43. The summed E-state index contributed by atoms with van der Waals surface area (Å²) in [6.07, 6.45) is 1.04. The maximum atomic E-state index is 4.56. The maximum absolute atomic E-state index is 4.56. The van der Waals surface area contributed by atoms with Crippen LogP contribution in [-0.2, 0) is 6.42 Å². The monoisotopic (exact) mass is 417 g/mol.